The lowest BCUT2D eigenvalue weighted by molar-refractivity contribution is -0.156. The van der Waals surface area contributed by atoms with Crippen LogP contribution in [0.1, 0.15) is 32.8 Å². The van der Waals surface area contributed by atoms with Gasteiger partial charge in [-0.3, -0.25) is 24.2 Å². The second-order valence-electron chi connectivity index (χ2n) is 7.94. The molecule has 0 aliphatic carbocycles. The van der Waals surface area contributed by atoms with Crippen molar-refractivity contribution in [3.05, 3.63) is 35.9 Å². The highest BCUT2D eigenvalue weighted by Crippen LogP contribution is 2.36. The molecule has 0 aromatic heterocycles. The van der Waals surface area contributed by atoms with E-state index in [1.54, 1.807) is 20.8 Å². The Morgan fingerprint density at radius 3 is 2.45 bits per heavy atom. The summed E-state index contributed by atoms with van der Waals surface area (Å²) < 4.78 is 10.4. The molecule has 8 nitrogen and oxygen atoms in total. The van der Waals surface area contributed by atoms with E-state index in [9.17, 15) is 19.2 Å². The van der Waals surface area contributed by atoms with Crippen LogP contribution in [0.3, 0.4) is 0 Å². The number of rotatable bonds is 6. The van der Waals surface area contributed by atoms with E-state index >= 15 is 0 Å². The Kier molecular flexibility index (Phi) is 5.91. The maximum Gasteiger partial charge on any atom is 0.410 e. The maximum atomic E-state index is 12.9. The smallest absolute Gasteiger partial charge is 0.410 e. The van der Waals surface area contributed by atoms with Crippen molar-refractivity contribution in [2.75, 3.05) is 19.7 Å². The summed E-state index contributed by atoms with van der Waals surface area (Å²) in [7, 11) is 0. The molecule has 0 unspecified atom stereocenters. The Bertz CT molecular complexity index is 807. The first-order valence-corrected chi connectivity index (χ1v) is 9.76. The average Bonchev–Trinajstić information content (AvgIpc) is 3.23. The number of hydrogen-bond acceptors (Lipinski definition) is 6. The van der Waals surface area contributed by atoms with Gasteiger partial charge in [0.1, 0.15) is 12.6 Å². The third-order valence-corrected chi connectivity index (χ3v) is 5.32. The van der Waals surface area contributed by atoms with Crippen LogP contribution in [0.2, 0.25) is 0 Å². The molecule has 1 aromatic rings. The summed E-state index contributed by atoms with van der Waals surface area (Å²) in [5, 5.41) is 0. The number of fused-ring (bicyclic) bond motifs is 1. The second-order valence-corrected chi connectivity index (χ2v) is 7.94. The standard InChI is InChI=1S/C21H26N2O6/c1-4-28-19(26)21(2,3)13-23-17(24)15-10-11-22(16(15)18(23)25)20(27)29-12-14-8-6-5-7-9-14/h5-9,15-16H,4,10-13H2,1-3H3/t15-,16+/m0/s1. The van der Waals surface area contributed by atoms with Crippen LogP contribution < -0.4 is 0 Å². The lowest BCUT2D eigenvalue weighted by Crippen LogP contribution is -2.47. The summed E-state index contributed by atoms with van der Waals surface area (Å²) in [6.45, 7) is 5.48. The first kappa shape index (κ1) is 20.8. The van der Waals surface area contributed by atoms with Gasteiger partial charge in [0.15, 0.2) is 0 Å². The molecule has 2 aliphatic heterocycles. The van der Waals surface area contributed by atoms with E-state index in [2.05, 4.69) is 0 Å². The Labute approximate surface area is 169 Å². The van der Waals surface area contributed by atoms with Crippen LogP contribution >= 0.6 is 0 Å². The molecule has 0 spiro atoms. The molecule has 2 heterocycles. The van der Waals surface area contributed by atoms with Gasteiger partial charge in [-0.25, -0.2) is 4.79 Å². The maximum absolute atomic E-state index is 12.9. The number of imide groups is 1. The van der Waals surface area contributed by atoms with E-state index in [4.69, 9.17) is 9.47 Å². The molecule has 156 valence electrons. The van der Waals surface area contributed by atoms with Crippen LogP contribution in [0.25, 0.3) is 0 Å². The molecule has 3 rings (SSSR count). The zero-order valence-corrected chi connectivity index (χ0v) is 16.9. The highest BCUT2D eigenvalue weighted by molar-refractivity contribution is 6.09. The zero-order valence-electron chi connectivity index (χ0n) is 16.9. The van der Waals surface area contributed by atoms with E-state index in [0.717, 1.165) is 10.5 Å². The van der Waals surface area contributed by atoms with Crippen molar-refractivity contribution in [3.63, 3.8) is 0 Å². The third kappa shape index (κ3) is 4.11. The molecular formula is C21H26N2O6. The van der Waals surface area contributed by atoms with Gasteiger partial charge in [0.2, 0.25) is 5.91 Å². The lowest BCUT2D eigenvalue weighted by atomic mass is 9.93. The first-order chi connectivity index (χ1) is 13.8. The van der Waals surface area contributed by atoms with Crippen molar-refractivity contribution in [2.45, 2.75) is 39.8 Å². The number of amides is 3. The fraction of sp³-hybridized carbons (Fsp3) is 0.524. The molecule has 3 amide bonds. The zero-order chi connectivity index (χ0) is 21.2. The van der Waals surface area contributed by atoms with Crippen LogP contribution in [0.5, 0.6) is 0 Å². The minimum absolute atomic E-state index is 0.0800. The molecule has 29 heavy (non-hydrogen) atoms. The molecule has 0 saturated carbocycles. The molecule has 0 bridgehead atoms. The summed E-state index contributed by atoms with van der Waals surface area (Å²) in [4.78, 5) is 52.8. The largest absolute Gasteiger partial charge is 0.466 e. The van der Waals surface area contributed by atoms with E-state index < -0.39 is 35.3 Å². The van der Waals surface area contributed by atoms with E-state index in [0.29, 0.717) is 6.42 Å². The summed E-state index contributed by atoms with van der Waals surface area (Å²) >= 11 is 0. The van der Waals surface area contributed by atoms with Gasteiger partial charge >= 0.3 is 12.1 Å². The van der Waals surface area contributed by atoms with Gasteiger partial charge in [0.05, 0.1) is 17.9 Å². The first-order valence-electron chi connectivity index (χ1n) is 9.76. The van der Waals surface area contributed by atoms with Gasteiger partial charge in [0.25, 0.3) is 5.91 Å². The third-order valence-electron chi connectivity index (χ3n) is 5.32. The van der Waals surface area contributed by atoms with Crippen molar-refractivity contribution in [1.82, 2.24) is 9.80 Å². The van der Waals surface area contributed by atoms with Gasteiger partial charge < -0.3 is 9.47 Å². The summed E-state index contributed by atoms with van der Waals surface area (Å²) in [6.07, 6.45) is -0.222. The molecular weight excluding hydrogens is 376 g/mol. The van der Waals surface area contributed by atoms with Crippen LogP contribution in [-0.4, -0.2) is 59.4 Å². The Morgan fingerprint density at radius 1 is 1.10 bits per heavy atom. The molecule has 2 saturated heterocycles. The minimum atomic E-state index is -1.03. The van der Waals surface area contributed by atoms with Crippen molar-refractivity contribution < 1.29 is 28.7 Å². The van der Waals surface area contributed by atoms with Crippen molar-refractivity contribution in [3.8, 4) is 0 Å². The molecule has 0 radical (unpaired) electrons. The topological polar surface area (TPSA) is 93.2 Å². The van der Waals surface area contributed by atoms with Crippen LogP contribution in [0.15, 0.2) is 30.3 Å². The SMILES string of the molecule is CCOC(=O)C(C)(C)CN1C(=O)[C@H]2CCN(C(=O)OCc3ccccc3)[C@H]2C1=O. The average molecular weight is 402 g/mol. The van der Waals surface area contributed by atoms with Crippen LogP contribution in [-0.2, 0) is 30.5 Å². The Balaban J connectivity index is 1.67. The summed E-state index contributed by atoms with van der Waals surface area (Å²) in [5.41, 5.74) is -0.193. The highest BCUT2D eigenvalue weighted by atomic mass is 16.6. The number of likely N-dealkylation sites (tertiary alicyclic amines) is 2. The fourth-order valence-electron chi connectivity index (χ4n) is 3.77. The fourth-order valence-corrected chi connectivity index (χ4v) is 3.77. The monoisotopic (exact) mass is 402 g/mol. The van der Waals surface area contributed by atoms with Gasteiger partial charge in [-0.1, -0.05) is 30.3 Å². The number of nitrogens with zero attached hydrogens (tertiary/aromatic N) is 2. The minimum Gasteiger partial charge on any atom is -0.466 e. The molecule has 2 atom stereocenters. The molecule has 1 aromatic carbocycles. The second kappa shape index (κ2) is 8.23. The summed E-state index contributed by atoms with van der Waals surface area (Å²) in [6, 6.07) is 8.36. The number of carbonyl (C=O) groups excluding carboxylic acids is 4. The van der Waals surface area contributed by atoms with E-state index in [1.165, 1.54) is 4.90 Å². The number of ether oxygens (including phenoxy) is 2. The van der Waals surface area contributed by atoms with Crippen LogP contribution in [0, 0.1) is 11.3 Å². The van der Waals surface area contributed by atoms with E-state index in [-0.39, 0.29) is 32.2 Å². The lowest BCUT2D eigenvalue weighted by Gasteiger charge is -2.28. The van der Waals surface area contributed by atoms with Crippen molar-refractivity contribution >= 4 is 23.9 Å². The number of benzene rings is 1. The normalized spacial score (nSPS) is 21.3. The number of esters is 1. The van der Waals surface area contributed by atoms with Gasteiger partial charge in [-0.15, -0.1) is 0 Å². The molecule has 8 heteroatoms. The van der Waals surface area contributed by atoms with Crippen molar-refractivity contribution in [2.24, 2.45) is 11.3 Å². The van der Waals surface area contributed by atoms with Gasteiger partial charge in [-0.2, -0.15) is 0 Å². The molecule has 2 aliphatic rings. The van der Waals surface area contributed by atoms with Crippen molar-refractivity contribution in [1.29, 1.82) is 0 Å². The number of hydrogen-bond donors (Lipinski definition) is 0. The predicted octanol–water partition coefficient (Wildman–Crippen LogP) is 1.97. The Hall–Kier alpha value is -2.90. The van der Waals surface area contributed by atoms with Crippen LogP contribution in [0.4, 0.5) is 4.79 Å². The van der Waals surface area contributed by atoms with Gasteiger partial charge in [0, 0.05) is 13.1 Å². The summed E-state index contributed by atoms with van der Waals surface area (Å²) in [5.74, 6) is -1.89. The molecule has 2 fully saturated rings. The predicted molar refractivity (Wildman–Crippen MR) is 102 cm³/mol. The van der Waals surface area contributed by atoms with Gasteiger partial charge in [-0.05, 0) is 32.8 Å². The number of carbonyl (C=O) groups is 4. The quantitative estimate of drug-likeness (QED) is 0.534. The van der Waals surface area contributed by atoms with E-state index in [1.807, 2.05) is 30.3 Å². The molecule has 0 N–H and O–H groups in total. The highest BCUT2D eigenvalue weighted by Gasteiger charge is 2.56. The Morgan fingerprint density at radius 2 is 1.79 bits per heavy atom.